The highest BCUT2D eigenvalue weighted by molar-refractivity contribution is 5.91. The van der Waals surface area contributed by atoms with Crippen molar-refractivity contribution in [2.24, 2.45) is 7.05 Å². The molecule has 1 N–H and O–H groups in total. The van der Waals surface area contributed by atoms with Gasteiger partial charge >= 0.3 is 0 Å². The highest BCUT2D eigenvalue weighted by Crippen LogP contribution is 2.22. The summed E-state index contributed by atoms with van der Waals surface area (Å²) >= 11 is 0. The number of amides is 1. The maximum atomic E-state index is 12.6. The summed E-state index contributed by atoms with van der Waals surface area (Å²) in [6.07, 6.45) is 7.70. The van der Waals surface area contributed by atoms with Crippen molar-refractivity contribution in [2.75, 3.05) is 11.4 Å². The second-order valence-electron chi connectivity index (χ2n) is 6.15. The largest absolute Gasteiger partial charge is 0.345 e. The van der Waals surface area contributed by atoms with Gasteiger partial charge in [0, 0.05) is 57.0 Å². The van der Waals surface area contributed by atoms with Gasteiger partial charge in [0.25, 0.3) is 5.91 Å². The van der Waals surface area contributed by atoms with Crippen molar-refractivity contribution in [2.45, 2.75) is 19.5 Å². The summed E-state index contributed by atoms with van der Waals surface area (Å²) in [6.45, 7) is 1.82. The molecule has 0 aliphatic carbocycles. The van der Waals surface area contributed by atoms with Gasteiger partial charge in [-0.05, 0) is 17.7 Å². The fourth-order valence-corrected chi connectivity index (χ4v) is 3.12. The zero-order valence-electron chi connectivity index (χ0n) is 14.5. The van der Waals surface area contributed by atoms with Gasteiger partial charge in [-0.2, -0.15) is 0 Å². The molecule has 0 radical (unpaired) electrons. The molecule has 26 heavy (non-hydrogen) atoms. The van der Waals surface area contributed by atoms with Crippen LogP contribution in [0.4, 0.5) is 5.95 Å². The number of carbonyl (C=O) groups excluding carboxylic acids is 1. The molecule has 0 unspecified atom stereocenters. The lowest BCUT2D eigenvalue weighted by molar-refractivity contribution is 0.0937. The van der Waals surface area contributed by atoms with Crippen LogP contribution in [-0.2, 0) is 26.6 Å². The van der Waals surface area contributed by atoms with Crippen LogP contribution in [0, 0.1) is 0 Å². The molecule has 0 aromatic carbocycles. The van der Waals surface area contributed by atoms with E-state index < -0.39 is 0 Å². The van der Waals surface area contributed by atoms with Crippen LogP contribution in [0.5, 0.6) is 0 Å². The quantitative estimate of drug-likeness (QED) is 0.759. The minimum atomic E-state index is -0.187. The van der Waals surface area contributed by atoms with E-state index in [4.69, 9.17) is 0 Å². The molecule has 0 saturated heterocycles. The monoisotopic (exact) mass is 349 g/mol. The van der Waals surface area contributed by atoms with Crippen LogP contribution >= 0.6 is 0 Å². The Kier molecular flexibility index (Phi) is 4.30. The Bertz CT molecular complexity index is 908. The maximum Gasteiger partial charge on any atom is 0.287 e. The molecule has 1 aliphatic rings. The molecular formula is C18H19N7O. The molecule has 132 valence electrons. The zero-order chi connectivity index (χ0) is 17.9. The maximum absolute atomic E-state index is 12.6. The number of pyridine rings is 1. The third kappa shape index (κ3) is 3.13. The van der Waals surface area contributed by atoms with Gasteiger partial charge in [0.1, 0.15) is 0 Å². The van der Waals surface area contributed by atoms with Gasteiger partial charge in [-0.15, -0.1) is 0 Å². The smallest absolute Gasteiger partial charge is 0.287 e. The molecule has 0 fully saturated rings. The van der Waals surface area contributed by atoms with Crippen molar-refractivity contribution in [3.8, 4) is 0 Å². The lowest BCUT2D eigenvalue weighted by atomic mass is 10.1. The molecule has 8 nitrogen and oxygen atoms in total. The molecule has 3 aromatic rings. The van der Waals surface area contributed by atoms with E-state index >= 15 is 0 Å². The third-order valence-corrected chi connectivity index (χ3v) is 4.47. The molecular weight excluding hydrogens is 330 g/mol. The minimum absolute atomic E-state index is 0.187. The zero-order valence-corrected chi connectivity index (χ0v) is 14.5. The van der Waals surface area contributed by atoms with Gasteiger partial charge < -0.3 is 14.8 Å². The number of hydrogen-bond donors (Lipinski definition) is 1. The van der Waals surface area contributed by atoms with Crippen molar-refractivity contribution in [1.82, 2.24) is 29.8 Å². The van der Waals surface area contributed by atoms with Gasteiger partial charge in [-0.3, -0.25) is 9.78 Å². The summed E-state index contributed by atoms with van der Waals surface area (Å²) in [5.41, 5.74) is 2.94. The molecule has 1 aliphatic heterocycles. The number of aromatic nitrogens is 5. The van der Waals surface area contributed by atoms with E-state index in [2.05, 4.69) is 30.2 Å². The SMILES string of the molecule is Cn1c(C(=O)NCc2cccnc2)nc2c1CCN(c1ncccn1)C2. The lowest BCUT2D eigenvalue weighted by Crippen LogP contribution is -2.32. The van der Waals surface area contributed by atoms with Crippen LogP contribution in [0.15, 0.2) is 43.0 Å². The summed E-state index contributed by atoms with van der Waals surface area (Å²) in [4.78, 5) is 31.9. The Morgan fingerprint density at radius 1 is 1.23 bits per heavy atom. The fraction of sp³-hybridized carbons (Fsp3) is 0.278. The fourth-order valence-electron chi connectivity index (χ4n) is 3.12. The van der Waals surface area contributed by atoms with Crippen molar-refractivity contribution in [3.05, 3.63) is 65.8 Å². The molecule has 0 spiro atoms. The Hall–Kier alpha value is -3.29. The normalized spacial score (nSPS) is 13.3. The van der Waals surface area contributed by atoms with Crippen molar-refractivity contribution < 1.29 is 4.79 Å². The van der Waals surface area contributed by atoms with Crippen LogP contribution in [0.25, 0.3) is 0 Å². The summed E-state index contributed by atoms with van der Waals surface area (Å²) in [5.74, 6) is 0.925. The van der Waals surface area contributed by atoms with Gasteiger partial charge in [-0.25, -0.2) is 15.0 Å². The number of rotatable bonds is 4. The number of hydrogen-bond acceptors (Lipinski definition) is 6. The predicted molar refractivity (Wildman–Crippen MR) is 95.4 cm³/mol. The highest BCUT2D eigenvalue weighted by atomic mass is 16.2. The van der Waals surface area contributed by atoms with Crippen LogP contribution in [0.3, 0.4) is 0 Å². The molecule has 4 rings (SSSR count). The topological polar surface area (TPSA) is 88.8 Å². The van der Waals surface area contributed by atoms with Crippen molar-refractivity contribution in [3.63, 3.8) is 0 Å². The Morgan fingerprint density at radius 2 is 2.08 bits per heavy atom. The van der Waals surface area contributed by atoms with Crippen LogP contribution in [0.1, 0.15) is 27.6 Å². The number of imidazole rings is 1. The molecule has 0 saturated carbocycles. The third-order valence-electron chi connectivity index (χ3n) is 4.47. The van der Waals surface area contributed by atoms with Crippen molar-refractivity contribution >= 4 is 11.9 Å². The predicted octanol–water partition coefficient (Wildman–Crippen LogP) is 1.10. The van der Waals surface area contributed by atoms with E-state index in [1.165, 1.54) is 0 Å². The first-order valence-corrected chi connectivity index (χ1v) is 8.46. The number of anilines is 1. The standard InChI is InChI=1S/C18H19N7O/c1-24-15-5-9-25(18-20-7-3-8-21-18)12-14(15)23-16(24)17(26)22-11-13-4-2-6-19-10-13/h2-4,6-8,10H,5,9,11-12H2,1H3,(H,22,26). The average molecular weight is 349 g/mol. The summed E-state index contributed by atoms with van der Waals surface area (Å²) in [6, 6.07) is 5.57. The Labute approximate surface area is 150 Å². The summed E-state index contributed by atoms with van der Waals surface area (Å²) in [7, 11) is 1.89. The van der Waals surface area contributed by atoms with Gasteiger partial charge in [0.2, 0.25) is 5.95 Å². The van der Waals surface area contributed by atoms with Gasteiger partial charge in [-0.1, -0.05) is 6.07 Å². The van der Waals surface area contributed by atoms with E-state index in [-0.39, 0.29) is 5.91 Å². The van der Waals surface area contributed by atoms with E-state index in [0.717, 1.165) is 29.9 Å². The molecule has 8 heteroatoms. The summed E-state index contributed by atoms with van der Waals surface area (Å²) < 4.78 is 1.89. The number of nitrogens with one attached hydrogen (secondary N) is 1. The van der Waals surface area contributed by atoms with E-state index in [9.17, 15) is 4.79 Å². The van der Waals surface area contributed by atoms with E-state index in [1.54, 1.807) is 30.9 Å². The number of carbonyl (C=O) groups is 1. The average Bonchev–Trinajstić information content (AvgIpc) is 3.04. The van der Waals surface area contributed by atoms with Crippen LogP contribution < -0.4 is 10.2 Å². The molecule has 0 bridgehead atoms. The lowest BCUT2D eigenvalue weighted by Gasteiger charge is -2.26. The van der Waals surface area contributed by atoms with Gasteiger partial charge in [0.15, 0.2) is 5.82 Å². The second-order valence-corrected chi connectivity index (χ2v) is 6.15. The first kappa shape index (κ1) is 16.2. The molecule has 3 aromatic heterocycles. The minimum Gasteiger partial charge on any atom is -0.345 e. The van der Waals surface area contributed by atoms with E-state index in [1.807, 2.05) is 23.7 Å². The molecule has 0 atom stereocenters. The van der Waals surface area contributed by atoms with Gasteiger partial charge in [0.05, 0.1) is 12.2 Å². The second kappa shape index (κ2) is 6.91. The highest BCUT2D eigenvalue weighted by Gasteiger charge is 2.26. The van der Waals surface area contributed by atoms with Crippen molar-refractivity contribution in [1.29, 1.82) is 0 Å². The van der Waals surface area contributed by atoms with E-state index in [0.29, 0.717) is 24.9 Å². The Balaban J connectivity index is 1.49. The van der Waals surface area contributed by atoms with Crippen LogP contribution in [-0.4, -0.2) is 37.0 Å². The first-order chi connectivity index (χ1) is 12.7. The summed E-state index contributed by atoms with van der Waals surface area (Å²) in [5, 5.41) is 2.91. The first-order valence-electron chi connectivity index (χ1n) is 8.46. The molecule has 4 heterocycles. The number of fused-ring (bicyclic) bond motifs is 1. The number of nitrogens with zero attached hydrogens (tertiary/aromatic N) is 6. The molecule has 1 amide bonds. The Morgan fingerprint density at radius 3 is 2.85 bits per heavy atom. The van der Waals surface area contributed by atoms with Crippen LogP contribution in [0.2, 0.25) is 0 Å².